The number of nitrogens with zero attached hydrogens (tertiary/aromatic N) is 4. The molecule has 0 N–H and O–H groups in total. The Morgan fingerprint density at radius 1 is 0.958 bits per heavy atom. The molecule has 1 spiro atoms. The molecule has 7 rings (SSSR count). The second-order valence-corrected chi connectivity index (χ2v) is 14.3. The monoisotopic (exact) mass is 738 g/mol. The van der Waals surface area contributed by atoms with Crippen molar-refractivity contribution in [2.45, 2.75) is 68.2 Å². The maximum atomic E-state index is 14.7. The summed E-state index contributed by atoms with van der Waals surface area (Å²) in [4.78, 5) is 14.3. The lowest BCUT2D eigenvalue weighted by Gasteiger charge is -2.46. The van der Waals surface area contributed by atoms with Crippen LogP contribution in [0.15, 0.2) is 82.4 Å². The van der Waals surface area contributed by atoms with Gasteiger partial charge in [0.05, 0.1) is 30.5 Å². The van der Waals surface area contributed by atoms with Gasteiger partial charge in [-0.05, 0) is 64.2 Å². The van der Waals surface area contributed by atoms with Crippen LogP contribution >= 0.6 is 27.7 Å². The van der Waals surface area contributed by atoms with Gasteiger partial charge in [-0.3, -0.25) is 0 Å². The van der Waals surface area contributed by atoms with Crippen LogP contribution in [0.1, 0.15) is 58.7 Å². The lowest BCUT2D eigenvalue weighted by atomic mass is 9.70. The van der Waals surface area contributed by atoms with Crippen molar-refractivity contribution in [3.05, 3.63) is 111 Å². The normalized spacial score (nSPS) is 21.0. The van der Waals surface area contributed by atoms with Gasteiger partial charge in [0.25, 0.3) is 0 Å². The van der Waals surface area contributed by atoms with Gasteiger partial charge in [-0.2, -0.15) is 13.2 Å². The molecule has 3 heterocycles. The third-order valence-electron chi connectivity index (χ3n) is 9.69. The Hall–Kier alpha value is -3.12. The van der Waals surface area contributed by atoms with Gasteiger partial charge in [0.2, 0.25) is 0 Å². The van der Waals surface area contributed by atoms with Crippen LogP contribution in [-0.2, 0) is 41.2 Å². The Balaban J connectivity index is 1.34. The third kappa shape index (κ3) is 6.71. The summed E-state index contributed by atoms with van der Waals surface area (Å²) in [5.74, 6) is -0.733. The number of alkyl halides is 3. The minimum absolute atomic E-state index is 0.0494. The van der Waals surface area contributed by atoms with Crippen molar-refractivity contribution in [1.29, 1.82) is 0 Å². The van der Waals surface area contributed by atoms with E-state index < -0.39 is 17.7 Å². The Kier molecular flexibility index (Phi) is 9.74. The number of aromatic nitrogens is 2. The second kappa shape index (κ2) is 14.0. The van der Waals surface area contributed by atoms with Gasteiger partial charge in [-0.15, -0.1) is 0 Å². The van der Waals surface area contributed by atoms with E-state index in [9.17, 15) is 13.2 Å². The number of hydrogen-bond donors (Lipinski definition) is 0. The molecule has 252 valence electrons. The van der Waals surface area contributed by atoms with Crippen molar-refractivity contribution >= 4 is 39.2 Å². The molecule has 0 bridgehead atoms. The van der Waals surface area contributed by atoms with Crippen LogP contribution < -0.4 is 9.80 Å². The summed E-state index contributed by atoms with van der Waals surface area (Å²) in [6.45, 7) is 4.24. The van der Waals surface area contributed by atoms with Crippen LogP contribution in [0.4, 0.5) is 24.7 Å². The summed E-state index contributed by atoms with van der Waals surface area (Å²) < 4.78 is 57.2. The second-order valence-electron chi connectivity index (χ2n) is 12.7. The van der Waals surface area contributed by atoms with Crippen LogP contribution in [0, 0.1) is 0 Å². The van der Waals surface area contributed by atoms with Gasteiger partial charge in [-0.25, -0.2) is 9.97 Å². The molecule has 1 fully saturated rings. The van der Waals surface area contributed by atoms with Gasteiger partial charge in [0.1, 0.15) is 11.4 Å². The number of hydrogen-bond acceptors (Lipinski definition) is 7. The highest BCUT2D eigenvalue weighted by molar-refractivity contribution is 9.10. The van der Waals surface area contributed by atoms with Crippen LogP contribution in [0.25, 0.3) is 0 Å². The summed E-state index contributed by atoms with van der Waals surface area (Å²) >= 11 is 5.38. The Bertz CT molecular complexity index is 1700. The molecule has 1 saturated heterocycles. The van der Waals surface area contributed by atoms with E-state index in [2.05, 4.69) is 50.0 Å². The number of ether oxygens (including phenoxy) is 2. The summed E-state index contributed by atoms with van der Waals surface area (Å²) in [5.41, 5.74) is 4.69. The van der Waals surface area contributed by atoms with Crippen LogP contribution in [0.2, 0.25) is 0 Å². The number of anilines is 2. The molecule has 0 unspecified atom stereocenters. The zero-order valence-electron chi connectivity index (χ0n) is 26.8. The van der Waals surface area contributed by atoms with Crippen molar-refractivity contribution in [2.75, 3.05) is 42.4 Å². The molecule has 2 atom stereocenters. The first-order valence-corrected chi connectivity index (χ1v) is 18.4. The first kappa shape index (κ1) is 33.4. The highest BCUT2D eigenvalue weighted by Gasteiger charge is 2.52. The Morgan fingerprint density at radius 3 is 2.33 bits per heavy atom. The highest BCUT2D eigenvalue weighted by Crippen LogP contribution is 2.56. The zero-order valence-corrected chi connectivity index (χ0v) is 29.2. The lowest BCUT2D eigenvalue weighted by molar-refractivity contribution is -0.165. The third-order valence-corrected chi connectivity index (χ3v) is 11.0. The van der Waals surface area contributed by atoms with Crippen LogP contribution in [0.3, 0.4) is 0 Å². The fraction of sp³-hybridized carbons (Fsp3) is 0.405. The average Bonchev–Trinajstić information content (AvgIpc) is 3.38. The molecule has 48 heavy (non-hydrogen) atoms. The highest BCUT2D eigenvalue weighted by atomic mass is 79.9. The molecule has 0 radical (unpaired) electrons. The number of thioether (sulfide) groups is 1. The van der Waals surface area contributed by atoms with Crippen LogP contribution in [0.5, 0.6) is 0 Å². The fourth-order valence-electron chi connectivity index (χ4n) is 7.36. The van der Waals surface area contributed by atoms with E-state index in [0.29, 0.717) is 54.5 Å². The average molecular weight is 740 g/mol. The van der Waals surface area contributed by atoms with Gasteiger partial charge >= 0.3 is 6.18 Å². The maximum Gasteiger partial charge on any atom is 0.395 e. The van der Waals surface area contributed by atoms with E-state index in [0.717, 1.165) is 46.9 Å². The molecule has 3 aliphatic rings. The number of rotatable bonds is 7. The van der Waals surface area contributed by atoms with Gasteiger partial charge < -0.3 is 19.3 Å². The molecule has 4 aromatic rings. The SMILES string of the molecule is CSc1nc2c(c(N3CCCOCC3)n1)CO[C@@]1(CC[C@H](C(F)(F)F)c3ccc(N(Cc4ccccc4)Cc4ccccc4)c(Br)c31)C2. The smallest absolute Gasteiger partial charge is 0.380 e. The first-order chi connectivity index (χ1) is 23.3. The summed E-state index contributed by atoms with van der Waals surface area (Å²) in [6, 6.07) is 23.8. The largest absolute Gasteiger partial charge is 0.395 e. The minimum atomic E-state index is -4.38. The van der Waals surface area contributed by atoms with Gasteiger partial charge in [0.15, 0.2) is 5.16 Å². The molecule has 6 nitrogen and oxygen atoms in total. The predicted octanol–water partition coefficient (Wildman–Crippen LogP) is 8.80. The molecule has 1 aromatic heterocycles. The van der Waals surface area contributed by atoms with Crippen molar-refractivity contribution in [2.24, 2.45) is 0 Å². The molecule has 2 aliphatic heterocycles. The Labute approximate surface area is 292 Å². The lowest BCUT2D eigenvalue weighted by Crippen LogP contribution is -2.44. The van der Waals surface area contributed by atoms with E-state index in [1.165, 1.54) is 11.8 Å². The van der Waals surface area contributed by atoms with Gasteiger partial charge in [-0.1, -0.05) is 78.5 Å². The van der Waals surface area contributed by atoms with E-state index in [1.54, 1.807) is 6.07 Å². The topological polar surface area (TPSA) is 50.7 Å². The summed E-state index contributed by atoms with van der Waals surface area (Å²) in [5, 5.41) is 0.653. The van der Waals surface area contributed by atoms with E-state index in [4.69, 9.17) is 19.4 Å². The minimum Gasteiger partial charge on any atom is -0.380 e. The quantitative estimate of drug-likeness (QED) is 0.139. The molecular weight excluding hydrogens is 701 g/mol. The molecule has 0 saturated carbocycles. The standard InChI is InChI=1S/C37H38BrF3N4O2S/c1-48-35-42-30-21-36(47-24-28(30)34(43-35)44-17-8-19-46-20-18-44)16-15-29(37(39,40)41)27-13-14-31(33(38)32(27)36)45(22-25-9-4-2-5-10-25)23-26-11-6-3-7-12-26/h2-7,9-14,29H,8,15-24H2,1H3/t29-,36-/m0/s1. The van der Waals surface area contributed by atoms with Crippen molar-refractivity contribution in [3.63, 3.8) is 0 Å². The number of halogens is 4. The summed E-state index contributed by atoms with van der Waals surface area (Å²) in [7, 11) is 0. The van der Waals surface area contributed by atoms with Gasteiger partial charge in [0, 0.05) is 54.8 Å². The predicted molar refractivity (Wildman–Crippen MR) is 187 cm³/mol. The number of fused-ring (bicyclic) bond motifs is 3. The van der Waals surface area contributed by atoms with E-state index >= 15 is 0 Å². The van der Waals surface area contributed by atoms with E-state index in [-0.39, 0.29) is 25.0 Å². The Morgan fingerprint density at radius 2 is 1.67 bits per heavy atom. The first-order valence-electron chi connectivity index (χ1n) is 16.4. The van der Waals surface area contributed by atoms with Crippen LogP contribution in [-0.4, -0.2) is 48.7 Å². The molecule has 3 aromatic carbocycles. The maximum absolute atomic E-state index is 14.7. The zero-order chi connectivity index (χ0) is 33.3. The van der Waals surface area contributed by atoms with Crippen molar-refractivity contribution in [3.8, 4) is 0 Å². The van der Waals surface area contributed by atoms with Crippen molar-refractivity contribution < 1.29 is 22.6 Å². The van der Waals surface area contributed by atoms with Crippen molar-refractivity contribution in [1.82, 2.24) is 9.97 Å². The molecular formula is C37H38BrF3N4O2S. The summed E-state index contributed by atoms with van der Waals surface area (Å²) in [6.07, 6.45) is -0.989. The fourth-order valence-corrected chi connectivity index (χ4v) is 8.71. The molecule has 0 amide bonds. The van der Waals surface area contributed by atoms with E-state index in [1.807, 2.05) is 48.7 Å². The number of benzene rings is 3. The molecule has 1 aliphatic carbocycles. The molecule has 11 heteroatoms.